The lowest BCUT2D eigenvalue weighted by atomic mass is 9.84. The van der Waals surface area contributed by atoms with Gasteiger partial charge in [0.15, 0.2) is 0 Å². The zero-order chi connectivity index (χ0) is 20.9. The maximum atomic E-state index is 12.7. The third-order valence-corrected chi connectivity index (χ3v) is 2.66. The van der Waals surface area contributed by atoms with E-state index in [1.54, 1.807) is 0 Å². The van der Waals surface area contributed by atoms with Gasteiger partial charge in [-0.05, 0) is 12.2 Å². The Kier molecular flexibility index (Phi) is 5.50. The number of rotatable bonds is 3. The van der Waals surface area contributed by atoms with Crippen molar-refractivity contribution in [2.75, 3.05) is 0 Å². The van der Waals surface area contributed by atoms with E-state index in [1.165, 1.54) is 0 Å². The number of allylic oxidation sites excluding steroid dienone is 2. The summed E-state index contributed by atoms with van der Waals surface area (Å²) in [7, 11) is 0. The number of hydrogen-bond donors (Lipinski definition) is 0. The van der Waals surface area contributed by atoms with Crippen LogP contribution in [0, 0.1) is 5.41 Å². The van der Waals surface area contributed by atoms with Gasteiger partial charge in [-0.3, -0.25) is 0 Å². The summed E-state index contributed by atoms with van der Waals surface area (Å²) in [6.07, 6.45) is -34.4. The van der Waals surface area contributed by atoms with Crippen molar-refractivity contribution in [1.82, 2.24) is 0 Å². The maximum Gasteiger partial charge on any atom is 0.460 e. The molecule has 0 rings (SSSR count). The van der Waals surface area contributed by atoms with E-state index in [9.17, 15) is 70.2 Å². The number of halogens is 16. The van der Waals surface area contributed by atoms with Crippen molar-refractivity contribution in [3.63, 3.8) is 0 Å². The Morgan fingerprint density at radius 2 is 0.640 bits per heavy atom. The van der Waals surface area contributed by atoms with Gasteiger partial charge in [0.05, 0.1) is 0 Å². The van der Waals surface area contributed by atoms with Crippen LogP contribution in [0.5, 0.6) is 0 Å². The smallest absolute Gasteiger partial charge is 0.195 e. The zero-order valence-electron chi connectivity index (χ0n) is 10.7. The van der Waals surface area contributed by atoms with Crippen LogP contribution in [0.25, 0.3) is 0 Å². The highest BCUT2D eigenvalue weighted by Crippen LogP contribution is 2.61. The summed E-state index contributed by atoms with van der Waals surface area (Å²) in [6.45, 7) is 0. The molecule has 0 aromatic rings. The first kappa shape index (κ1) is 23.6. The molecule has 0 spiro atoms. The second-order valence-corrected chi connectivity index (χ2v) is 4.33. The molecule has 0 saturated heterocycles. The average molecular weight is 414 g/mol. The molecule has 0 aliphatic rings. The summed E-state index contributed by atoms with van der Waals surface area (Å²) < 4.78 is 196. The van der Waals surface area contributed by atoms with Crippen LogP contribution in [0.15, 0.2) is 12.2 Å². The Bertz CT molecular complexity index is 458. The van der Waals surface area contributed by atoms with Crippen LogP contribution in [0.3, 0.4) is 0 Å². The van der Waals surface area contributed by atoms with Crippen LogP contribution in [-0.2, 0) is 0 Å². The highest BCUT2D eigenvalue weighted by Gasteiger charge is 2.83. The molecule has 0 radical (unpaired) electrons. The molecule has 150 valence electrons. The van der Waals surface area contributed by atoms with Gasteiger partial charge >= 0.3 is 36.6 Å². The topological polar surface area (TPSA) is 0 Å². The quantitative estimate of drug-likeness (QED) is 0.390. The van der Waals surface area contributed by atoms with E-state index < -0.39 is 54.1 Å². The Labute approximate surface area is 126 Å². The minimum Gasteiger partial charge on any atom is -0.195 e. The maximum absolute atomic E-state index is 12.7. The first-order valence-electron chi connectivity index (χ1n) is 5.18. The highest BCUT2D eigenvalue weighted by atomic mass is 19.4. The molecule has 0 nitrogen and oxygen atoms in total. The van der Waals surface area contributed by atoms with Crippen molar-refractivity contribution in [3.05, 3.63) is 12.2 Å². The number of hydrogen-bond acceptors (Lipinski definition) is 0. The van der Waals surface area contributed by atoms with Crippen LogP contribution in [0.1, 0.15) is 0 Å². The fourth-order valence-electron chi connectivity index (χ4n) is 1.29. The van der Waals surface area contributed by atoms with Gasteiger partial charge < -0.3 is 0 Å². The van der Waals surface area contributed by atoms with E-state index in [-0.39, 0.29) is 0 Å². The van der Waals surface area contributed by atoms with Gasteiger partial charge in [0.2, 0.25) is 0 Å². The van der Waals surface area contributed by atoms with Crippen LogP contribution in [-0.4, -0.2) is 36.6 Å². The minimum atomic E-state index is -7.44. The second-order valence-electron chi connectivity index (χ2n) is 4.33. The van der Waals surface area contributed by atoms with E-state index in [1.807, 2.05) is 0 Å². The molecule has 0 aliphatic heterocycles. The minimum absolute atomic E-state index is 2.42. The lowest BCUT2D eigenvalue weighted by Gasteiger charge is -2.36. The lowest BCUT2D eigenvalue weighted by Crippen LogP contribution is -2.59. The van der Waals surface area contributed by atoms with E-state index in [2.05, 4.69) is 0 Å². The Morgan fingerprint density at radius 3 is 0.840 bits per heavy atom. The van der Waals surface area contributed by atoms with Crippen molar-refractivity contribution in [2.24, 2.45) is 5.41 Å². The fourth-order valence-corrected chi connectivity index (χ4v) is 1.29. The van der Waals surface area contributed by atoms with Gasteiger partial charge in [-0.25, -0.2) is 0 Å². The van der Waals surface area contributed by atoms with Gasteiger partial charge in [-0.15, -0.1) is 0 Å². The molecule has 0 atom stereocenters. The third-order valence-electron chi connectivity index (χ3n) is 2.66. The van der Waals surface area contributed by atoms with E-state index >= 15 is 0 Å². The predicted octanol–water partition coefficient (Wildman–Crippen LogP) is 6.05. The van der Waals surface area contributed by atoms with Crippen molar-refractivity contribution >= 4 is 0 Å². The molecule has 0 heterocycles. The lowest BCUT2D eigenvalue weighted by molar-refractivity contribution is -0.407. The Morgan fingerprint density at radius 1 is 0.360 bits per heavy atom. The summed E-state index contributed by atoms with van der Waals surface area (Å²) in [5, 5.41) is 0. The molecule has 0 unspecified atom stereocenters. The van der Waals surface area contributed by atoms with Crippen LogP contribution in [0.4, 0.5) is 70.2 Å². The van der Waals surface area contributed by atoms with Gasteiger partial charge in [0.25, 0.3) is 5.41 Å². The van der Waals surface area contributed by atoms with Gasteiger partial charge in [0, 0.05) is 0 Å². The van der Waals surface area contributed by atoms with E-state index in [0.717, 1.165) is 0 Å². The molecule has 25 heavy (non-hydrogen) atoms. The van der Waals surface area contributed by atoms with Crippen molar-refractivity contribution in [2.45, 2.75) is 36.6 Å². The average Bonchev–Trinajstić information content (AvgIpc) is 2.20. The summed E-state index contributed by atoms with van der Waals surface area (Å²) in [5.74, 6) is -14.1. The first-order valence-corrected chi connectivity index (χ1v) is 5.18. The summed E-state index contributed by atoms with van der Waals surface area (Å²) in [4.78, 5) is 0. The summed E-state index contributed by atoms with van der Waals surface area (Å²) in [6, 6.07) is 0. The molecule has 0 fully saturated rings. The predicted molar refractivity (Wildman–Crippen MR) is 45.7 cm³/mol. The molecule has 0 saturated carbocycles. The largest absolute Gasteiger partial charge is 0.460 e. The fraction of sp³-hybridized carbons (Fsp3) is 0.778. The molecular formula is C9H2F16. The summed E-state index contributed by atoms with van der Waals surface area (Å²) in [5.41, 5.74) is -7.10. The normalized spacial score (nSPS) is 16.6. The molecule has 0 aliphatic carbocycles. The molecular weight excluding hydrogens is 412 g/mol. The first-order chi connectivity index (χ1) is 10.5. The highest BCUT2D eigenvalue weighted by molar-refractivity contribution is 5.18. The number of alkyl halides is 16. The second kappa shape index (κ2) is 5.82. The van der Waals surface area contributed by atoms with E-state index in [4.69, 9.17) is 0 Å². The van der Waals surface area contributed by atoms with Crippen LogP contribution >= 0.6 is 0 Å². The molecule has 0 amide bonds. The SMILES string of the molecule is FC(F)(F)C(F)(F)C(F)(F)/C=C/C(C(F)(F)F)(C(F)(F)F)C(F)(F)F. The van der Waals surface area contributed by atoms with E-state index in [0.29, 0.717) is 0 Å². The van der Waals surface area contributed by atoms with Crippen LogP contribution in [0.2, 0.25) is 0 Å². The van der Waals surface area contributed by atoms with Crippen molar-refractivity contribution in [1.29, 1.82) is 0 Å². The zero-order valence-corrected chi connectivity index (χ0v) is 10.7. The van der Waals surface area contributed by atoms with Gasteiger partial charge in [-0.2, -0.15) is 70.2 Å². The molecule has 0 aromatic heterocycles. The third kappa shape index (κ3) is 3.75. The summed E-state index contributed by atoms with van der Waals surface area (Å²) >= 11 is 0. The van der Waals surface area contributed by atoms with Gasteiger partial charge in [-0.1, -0.05) is 0 Å². The molecule has 0 N–H and O–H groups in total. The monoisotopic (exact) mass is 414 g/mol. The molecule has 16 heteroatoms. The van der Waals surface area contributed by atoms with Gasteiger partial charge in [0.1, 0.15) is 0 Å². The van der Waals surface area contributed by atoms with Crippen LogP contribution < -0.4 is 0 Å². The molecule has 0 bridgehead atoms. The standard InChI is InChI=1S/C9H2F16/c10-4(11,5(12,13)9(23,24)25)2-1-3(6(14,15)16,7(17,18)19)8(20,21)22/h1-2H/b2-1+. The Balaban J connectivity index is 6.57. The van der Waals surface area contributed by atoms with Crippen molar-refractivity contribution in [3.8, 4) is 0 Å². The Hall–Kier alpha value is -1.38. The van der Waals surface area contributed by atoms with Crippen molar-refractivity contribution < 1.29 is 70.2 Å². The molecule has 0 aromatic carbocycles.